The van der Waals surface area contributed by atoms with E-state index >= 15 is 0 Å². The van der Waals surface area contributed by atoms with Gasteiger partial charge in [-0.1, -0.05) is 6.07 Å². The molecule has 1 atom stereocenters. The second-order valence-corrected chi connectivity index (χ2v) is 5.55. The van der Waals surface area contributed by atoms with Gasteiger partial charge in [0.05, 0.1) is 19.1 Å². The molecular formula is C16H16O5S. The predicted octanol–water partition coefficient (Wildman–Crippen LogP) is 3.13. The average molecular weight is 320 g/mol. The molecule has 0 aliphatic carbocycles. The fraction of sp³-hybridized carbons (Fsp3) is 0.250. The van der Waals surface area contributed by atoms with Gasteiger partial charge in [-0.05, 0) is 23.8 Å². The molecule has 2 rings (SSSR count). The van der Waals surface area contributed by atoms with E-state index in [2.05, 4.69) is 0 Å². The van der Waals surface area contributed by atoms with Gasteiger partial charge in [-0.3, -0.25) is 9.59 Å². The van der Waals surface area contributed by atoms with Gasteiger partial charge in [-0.15, -0.1) is 11.3 Å². The number of hydrogen-bond donors (Lipinski definition) is 0. The molecule has 0 aliphatic heterocycles. The molecule has 0 spiro atoms. The number of benzene rings is 1. The van der Waals surface area contributed by atoms with Crippen LogP contribution in [0.5, 0.6) is 11.5 Å². The van der Waals surface area contributed by atoms with E-state index in [4.69, 9.17) is 14.2 Å². The molecule has 0 N–H and O–H groups in total. The van der Waals surface area contributed by atoms with Crippen molar-refractivity contribution in [2.75, 3.05) is 21.3 Å². The lowest BCUT2D eigenvalue weighted by Gasteiger charge is -2.17. The van der Waals surface area contributed by atoms with Crippen molar-refractivity contribution in [1.29, 1.82) is 0 Å². The lowest BCUT2D eigenvalue weighted by molar-refractivity contribution is 0.111. The van der Waals surface area contributed by atoms with Crippen LogP contribution in [0.3, 0.4) is 0 Å². The monoisotopic (exact) mass is 320 g/mol. The normalized spacial score (nSPS) is 11.8. The highest BCUT2D eigenvalue weighted by molar-refractivity contribution is 7.14. The minimum absolute atomic E-state index is 0.453. The number of carbonyl (C=O) groups is 2. The molecule has 1 heterocycles. The van der Waals surface area contributed by atoms with Crippen LogP contribution in [0.1, 0.15) is 36.6 Å². The van der Waals surface area contributed by atoms with Gasteiger partial charge in [0.2, 0.25) is 0 Å². The van der Waals surface area contributed by atoms with E-state index < -0.39 is 6.10 Å². The van der Waals surface area contributed by atoms with E-state index in [1.807, 2.05) is 6.07 Å². The van der Waals surface area contributed by atoms with Crippen LogP contribution < -0.4 is 9.47 Å². The molecule has 0 amide bonds. The SMILES string of the molecule is COc1ccc(C(OC)c2sc(C=O)cc2C=O)cc1OC. The Morgan fingerprint density at radius 1 is 1.00 bits per heavy atom. The molecule has 1 unspecified atom stereocenters. The lowest BCUT2D eigenvalue weighted by atomic mass is 10.0. The van der Waals surface area contributed by atoms with Crippen molar-refractivity contribution in [3.05, 3.63) is 45.1 Å². The van der Waals surface area contributed by atoms with E-state index in [9.17, 15) is 9.59 Å². The summed E-state index contributed by atoms with van der Waals surface area (Å²) in [5.74, 6) is 1.18. The van der Waals surface area contributed by atoms with Crippen molar-refractivity contribution < 1.29 is 23.8 Å². The third kappa shape index (κ3) is 3.03. The van der Waals surface area contributed by atoms with Crippen molar-refractivity contribution in [2.45, 2.75) is 6.10 Å². The maximum absolute atomic E-state index is 11.2. The van der Waals surface area contributed by atoms with Crippen LogP contribution in [-0.4, -0.2) is 33.9 Å². The first-order valence-corrected chi connectivity index (χ1v) is 7.28. The van der Waals surface area contributed by atoms with E-state index in [1.165, 1.54) is 11.3 Å². The first-order chi connectivity index (χ1) is 10.7. The van der Waals surface area contributed by atoms with E-state index in [0.717, 1.165) is 18.1 Å². The van der Waals surface area contributed by atoms with Gasteiger partial charge in [0.25, 0.3) is 0 Å². The standard InChI is InChI=1S/C16H16O5S/c1-19-13-5-4-10(7-14(13)20-2)15(21-3)16-11(8-17)6-12(9-18)22-16/h4-9,15H,1-3H3. The molecular weight excluding hydrogens is 304 g/mol. The lowest BCUT2D eigenvalue weighted by Crippen LogP contribution is -2.04. The topological polar surface area (TPSA) is 61.8 Å². The highest BCUT2D eigenvalue weighted by atomic mass is 32.1. The zero-order valence-corrected chi connectivity index (χ0v) is 13.3. The van der Waals surface area contributed by atoms with Crippen molar-refractivity contribution in [1.82, 2.24) is 0 Å². The second-order valence-electron chi connectivity index (χ2n) is 4.43. The number of ether oxygens (including phenoxy) is 3. The van der Waals surface area contributed by atoms with Gasteiger partial charge >= 0.3 is 0 Å². The molecule has 22 heavy (non-hydrogen) atoms. The molecule has 0 aliphatic rings. The minimum atomic E-state index is -0.460. The third-order valence-corrected chi connectivity index (χ3v) is 4.36. The Labute approximate surface area is 132 Å². The molecule has 0 fully saturated rings. The van der Waals surface area contributed by atoms with E-state index in [-0.39, 0.29) is 0 Å². The molecule has 2 aromatic rings. The van der Waals surface area contributed by atoms with Crippen molar-refractivity contribution in [3.63, 3.8) is 0 Å². The Morgan fingerprint density at radius 3 is 2.27 bits per heavy atom. The zero-order valence-electron chi connectivity index (χ0n) is 12.5. The van der Waals surface area contributed by atoms with Crippen LogP contribution in [0, 0.1) is 0 Å². The van der Waals surface area contributed by atoms with Crippen LogP contribution in [0.25, 0.3) is 0 Å². The zero-order chi connectivity index (χ0) is 16.1. The third-order valence-electron chi connectivity index (χ3n) is 3.24. The number of methoxy groups -OCH3 is 3. The fourth-order valence-corrected chi connectivity index (χ4v) is 3.26. The highest BCUT2D eigenvalue weighted by Crippen LogP contribution is 2.37. The van der Waals surface area contributed by atoms with Crippen molar-refractivity contribution >= 4 is 23.9 Å². The Balaban J connectivity index is 2.50. The summed E-state index contributed by atoms with van der Waals surface area (Å²) >= 11 is 1.24. The minimum Gasteiger partial charge on any atom is -0.493 e. The molecule has 116 valence electrons. The van der Waals surface area contributed by atoms with Gasteiger partial charge in [0.1, 0.15) is 6.10 Å². The number of carbonyl (C=O) groups excluding carboxylic acids is 2. The van der Waals surface area contributed by atoms with Crippen LogP contribution >= 0.6 is 11.3 Å². The quantitative estimate of drug-likeness (QED) is 0.734. The summed E-state index contributed by atoms with van der Waals surface area (Å²) in [5.41, 5.74) is 1.26. The first-order valence-electron chi connectivity index (χ1n) is 6.47. The van der Waals surface area contributed by atoms with Crippen LogP contribution in [-0.2, 0) is 4.74 Å². The first kappa shape index (κ1) is 16.2. The maximum Gasteiger partial charge on any atom is 0.161 e. The van der Waals surface area contributed by atoms with Crippen molar-refractivity contribution in [2.24, 2.45) is 0 Å². The number of rotatable bonds is 7. The summed E-state index contributed by atoms with van der Waals surface area (Å²) in [4.78, 5) is 23.3. The van der Waals surface area contributed by atoms with Crippen LogP contribution in [0.4, 0.5) is 0 Å². The molecule has 0 bridgehead atoms. The predicted molar refractivity (Wildman–Crippen MR) is 83.5 cm³/mol. The summed E-state index contributed by atoms with van der Waals surface area (Å²) in [7, 11) is 4.66. The molecule has 5 nitrogen and oxygen atoms in total. The van der Waals surface area contributed by atoms with E-state index in [1.54, 1.807) is 39.5 Å². The van der Waals surface area contributed by atoms with E-state index in [0.29, 0.717) is 26.8 Å². The summed E-state index contributed by atoms with van der Waals surface area (Å²) in [6.07, 6.45) is 0.993. The molecule has 6 heteroatoms. The van der Waals surface area contributed by atoms with Gasteiger partial charge in [0, 0.05) is 17.6 Å². The van der Waals surface area contributed by atoms with Crippen LogP contribution in [0.15, 0.2) is 24.3 Å². The largest absolute Gasteiger partial charge is 0.493 e. The highest BCUT2D eigenvalue weighted by Gasteiger charge is 2.22. The Hall–Kier alpha value is -2.18. The fourth-order valence-electron chi connectivity index (χ4n) is 2.21. The van der Waals surface area contributed by atoms with Crippen LogP contribution in [0.2, 0.25) is 0 Å². The molecule has 0 saturated carbocycles. The molecule has 0 saturated heterocycles. The number of aldehydes is 2. The number of hydrogen-bond acceptors (Lipinski definition) is 6. The Morgan fingerprint density at radius 2 is 1.73 bits per heavy atom. The van der Waals surface area contributed by atoms with Crippen molar-refractivity contribution in [3.8, 4) is 11.5 Å². The summed E-state index contributed by atoms with van der Waals surface area (Å²) in [6, 6.07) is 6.97. The Bertz CT molecular complexity index is 677. The van der Waals surface area contributed by atoms with Gasteiger partial charge in [-0.25, -0.2) is 0 Å². The summed E-state index contributed by atoms with van der Waals surface area (Å²) in [6.45, 7) is 0. The second kappa shape index (κ2) is 7.20. The average Bonchev–Trinajstić information content (AvgIpc) is 2.98. The number of thiophene rings is 1. The van der Waals surface area contributed by atoms with Gasteiger partial charge < -0.3 is 14.2 Å². The Kier molecular flexibility index (Phi) is 5.30. The molecule has 1 aromatic heterocycles. The molecule has 0 radical (unpaired) electrons. The summed E-state index contributed by atoms with van der Waals surface area (Å²) < 4.78 is 16.0. The van der Waals surface area contributed by atoms with Gasteiger partial charge in [-0.2, -0.15) is 0 Å². The molecule has 1 aromatic carbocycles. The van der Waals surface area contributed by atoms with Gasteiger partial charge in [0.15, 0.2) is 24.1 Å². The maximum atomic E-state index is 11.2. The summed E-state index contributed by atoms with van der Waals surface area (Å²) in [5, 5.41) is 0. The smallest absolute Gasteiger partial charge is 0.161 e.